The Kier molecular flexibility index (Phi) is 8.41. The molecule has 197 valence electrons. The predicted molar refractivity (Wildman–Crippen MR) is 164 cm³/mol. The van der Waals surface area contributed by atoms with Crippen LogP contribution in [0.25, 0.3) is 46.4 Å². The van der Waals surface area contributed by atoms with E-state index in [4.69, 9.17) is 5.73 Å². The molecule has 0 aliphatic carbocycles. The molecule has 6 heteroatoms. The van der Waals surface area contributed by atoms with Gasteiger partial charge in [0.25, 0.3) is 0 Å². The first kappa shape index (κ1) is 26.9. The van der Waals surface area contributed by atoms with E-state index in [0.717, 1.165) is 63.4 Å². The number of para-hydroxylation sites is 1. The van der Waals surface area contributed by atoms with Crippen LogP contribution in [0, 0.1) is 0 Å². The number of H-pyrrole nitrogens is 2. The Morgan fingerprint density at radius 1 is 0.500 bits per heavy atom. The SMILES string of the molecule is C1=Cc2cc3ccc(cc4ccc(cc5nc(cc1n2)C=C5)[nH]4)[nH]3.Nc1ccccc1CCc1ccccc1.[Mn]. The van der Waals surface area contributed by atoms with Gasteiger partial charge in [-0.15, -0.1) is 0 Å². The van der Waals surface area contributed by atoms with Gasteiger partial charge in [-0.3, -0.25) is 0 Å². The molecule has 2 aliphatic rings. The van der Waals surface area contributed by atoms with Crippen LogP contribution in [0.2, 0.25) is 0 Å². The summed E-state index contributed by atoms with van der Waals surface area (Å²) in [5, 5.41) is 0. The summed E-state index contributed by atoms with van der Waals surface area (Å²) in [5.41, 5.74) is 17.2. The molecule has 0 spiro atoms. The normalized spacial score (nSPS) is 11.4. The number of aromatic amines is 2. The molecule has 0 fully saturated rings. The fourth-order valence-electron chi connectivity index (χ4n) is 4.63. The van der Waals surface area contributed by atoms with Crippen molar-refractivity contribution in [1.29, 1.82) is 0 Å². The summed E-state index contributed by atoms with van der Waals surface area (Å²) in [6.07, 6.45) is 10.1. The molecule has 2 aromatic carbocycles. The smallest absolute Gasteiger partial charge is 0.0659 e. The third-order valence-corrected chi connectivity index (χ3v) is 6.62. The van der Waals surface area contributed by atoms with Crippen molar-refractivity contribution < 1.29 is 17.1 Å². The van der Waals surface area contributed by atoms with Gasteiger partial charge < -0.3 is 15.7 Å². The summed E-state index contributed by atoms with van der Waals surface area (Å²) in [7, 11) is 0. The first-order chi connectivity index (χ1) is 19.2. The van der Waals surface area contributed by atoms with Gasteiger partial charge in [0.1, 0.15) is 0 Å². The molecule has 5 heterocycles. The third kappa shape index (κ3) is 6.86. The van der Waals surface area contributed by atoms with Crippen LogP contribution in [-0.2, 0) is 29.9 Å². The zero-order chi connectivity index (χ0) is 26.4. The molecule has 0 atom stereocenters. The maximum Gasteiger partial charge on any atom is 0.0659 e. The topological polar surface area (TPSA) is 83.4 Å². The van der Waals surface area contributed by atoms with Crippen molar-refractivity contribution in [3.05, 3.63) is 137 Å². The largest absolute Gasteiger partial charge is 0.399 e. The van der Waals surface area contributed by atoms with Crippen molar-refractivity contribution in [2.75, 3.05) is 5.73 Å². The molecule has 4 N–H and O–H groups in total. The minimum atomic E-state index is 0. The van der Waals surface area contributed by atoms with Gasteiger partial charge in [-0.25, -0.2) is 9.97 Å². The summed E-state index contributed by atoms with van der Waals surface area (Å²) >= 11 is 0. The van der Waals surface area contributed by atoms with Crippen molar-refractivity contribution in [3.63, 3.8) is 0 Å². The van der Waals surface area contributed by atoms with Crippen LogP contribution in [0.1, 0.15) is 33.9 Å². The Morgan fingerprint density at radius 2 is 0.975 bits per heavy atom. The second kappa shape index (κ2) is 12.5. The van der Waals surface area contributed by atoms with Crippen molar-refractivity contribution >= 4 is 52.1 Å². The van der Waals surface area contributed by atoms with Gasteiger partial charge in [-0.05, 0) is 103 Å². The number of rotatable bonds is 3. The molecule has 1 radical (unpaired) electrons. The van der Waals surface area contributed by atoms with Gasteiger partial charge in [0.05, 0.1) is 22.8 Å². The predicted octanol–water partition coefficient (Wildman–Crippen LogP) is 7.71. The molecule has 0 unspecified atom stereocenters. The molecule has 2 aliphatic heterocycles. The number of nitrogen functional groups attached to an aromatic ring is 1. The summed E-state index contributed by atoms with van der Waals surface area (Å²) < 4.78 is 0. The van der Waals surface area contributed by atoms with Crippen molar-refractivity contribution in [3.8, 4) is 0 Å². The third-order valence-electron chi connectivity index (χ3n) is 6.62. The number of anilines is 1. The van der Waals surface area contributed by atoms with Crippen LogP contribution < -0.4 is 5.73 Å². The van der Waals surface area contributed by atoms with Crippen molar-refractivity contribution in [1.82, 2.24) is 19.9 Å². The van der Waals surface area contributed by atoms with Crippen LogP contribution in [0.4, 0.5) is 5.69 Å². The van der Waals surface area contributed by atoms with E-state index in [1.54, 1.807) is 0 Å². The molecule has 5 nitrogen and oxygen atoms in total. The number of hydrogen-bond donors (Lipinski definition) is 3. The van der Waals surface area contributed by atoms with E-state index >= 15 is 0 Å². The van der Waals surface area contributed by atoms with Crippen molar-refractivity contribution in [2.45, 2.75) is 12.8 Å². The van der Waals surface area contributed by atoms with Crippen LogP contribution in [0.15, 0.2) is 103 Å². The molecular formula is C34H29MnN5. The Hall–Kier alpha value is -4.64. The van der Waals surface area contributed by atoms with E-state index in [2.05, 4.69) is 80.6 Å². The standard InChI is InChI=1S/C20H14N4.C14H15N.Mn/c1-2-14-10-16-5-6-18(23-16)12-20-8-7-19(24-20)11-17-4-3-15(22-17)9-13(1)21-14;15-14-9-5-4-8-13(14)11-10-12-6-2-1-3-7-12;/h1-12,21-22H;1-9H,10-11,15H2;. The van der Waals surface area contributed by atoms with Crippen LogP contribution in [0.3, 0.4) is 0 Å². The zero-order valence-electron chi connectivity index (χ0n) is 21.9. The maximum atomic E-state index is 5.88. The Balaban J connectivity index is 0.000000175. The van der Waals surface area contributed by atoms with E-state index in [9.17, 15) is 0 Å². The molecule has 5 aromatic rings. The van der Waals surface area contributed by atoms with Gasteiger partial charge >= 0.3 is 0 Å². The number of nitrogens with one attached hydrogen (secondary N) is 2. The van der Waals surface area contributed by atoms with Gasteiger partial charge in [0.15, 0.2) is 0 Å². The number of nitrogens with two attached hydrogens (primary N) is 1. The zero-order valence-corrected chi connectivity index (χ0v) is 23.1. The molecule has 7 rings (SSSR count). The van der Waals surface area contributed by atoms with Gasteiger partial charge in [-0.1, -0.05) is 48.5 Å². The minimum Gasteiger partial charge on any atom is -0.399 e. The first-order valence-corrected chi connectivity index (χ1v) is 13.1. The molecule has 0 amide bonds. The van der Waals surface area contributed by atoms with Crippen LogP contribution in [-0.4, -0.2) is 19.9 Å². The maximum absolute atomic E-state index is 5.88. The summed E-state index contributed by atoms with van der Waals surface area (Å²) in [6.45, 7) is 0. The Bertz CT molecular complexity index is 1740. The van der Waals surface area contributed by atoms with Crippen LogP contribution in [0.5, 0.6) is 0 Å². The number of benzene rings is 2. The molecular weight excluding hydrogens is 533 g/mol. The molecule has 0 saturated carbocycles. The Labute approximate surface area is 244 Å². The summed E-state index contributed by atoms with van der Waals surface area (Å²) in [4.78, 5) is 16.0. The fourth-order valence-corrected chi connectivity index (χ4v) is 4.63. The quantitative estimate of drug-likeness (QED) is 0.152. The van der Waals surface area contributed by atoms with Gasteiger partial charge in [-0.2, -0.15) is 0 Å². The average molecular weight is 563 g/mol. The van der Waals surface area contributed by atoms with E-state index < -0.39 is 0 Å². The first-order valence-electron chi connectivity index (χ1n) is 13.1. The number of nitrogens with zero attached hydrogens (tertiary/aromatic N) is 2. The number of aryl methyl sites for hydroxylation is 2. The van der Waals surface area contributed by atoms with E-state index in [1.807, 2.05) is 66.8 Å². The molecule has 3 aromatic heterocycles. The number of hydrogen-bond acceptors (Lipinski definition) is 3. The molecule has 0 saturated heterocycles. The second-order valence-electron chi connectivity index (χ2n) is 9.59. The van der Waals surface area contributed by atoms with Crippen molar-refractivity contribution in [2.24, 2.45) is 0 Å². The van der Waals surface area contributed by atoms with Gasteiger partial charge in [0, 0.05) is 44.8 Å². The van der Waals surface area contributed by atoms with Crippen LogP contribution >= 0.6 is 0 Å². The molecule has 8 bridgehead atoms. The number of aromatic nitrogens is 4. The summed E-state index contributed by atoms with van der Waals surface area (Å²) in [6, 6.07) is 35.0. The summed E-state index contributed by atoms with van der Waals surface area (Å²) in [5.74, 6) is 0. The second-order valence-corrected chi connectivity index (χ2v) is 9.59. The monoisotopic (exact) mass is 562 g/mol. The van der Waals surface area contributed by atoms with E-state index in [0.29, 0.717) is 0 Å². The van der Waals surface area contributed by atoms with E-state index in [-0.39, 0.29) is 17.1 Å². The fraction of sp³-hybridized carbons (Fsp3) is 0.0588. The molecule has 40 heavy (non-hydrogen) atoms. The average Bonchev–Trinajstić information content (AvgIpc) is 3.76. The van der Waals surface area contributed by atoms with E-state index in [1.165, 1.54) is 11.1 Å². The Morgan fingerprint density at radius 3 is 1.52 bits per heavy atom. The van der Waals surface area contributed by atoms with Gasteiger partial charge in [0.2, 0.25) is 0 Å². The number of fused-ring (bicyclic) bond motifs is 8. The minimum absolute atomic E-state index is 0.